The molecule has 5 heteroatoms. The number of rotatable bonds is 3. The number of non-ortho nitro benzene ring substituents is 1. The van der Waals surface area contributed by atoms with Crippen LogP contribution < -0.4 is 0 Å². The molecule has 0 saturated heterocycles. The topological polar surface area (TPSA) is 69.2 Å². The molecule has 0 aliphatic heterocycles. The third-order valence-corrected chi connectivity index (χ3v) is 2.26. The Morgan fingerprint density at radius 1 is 1.44 bits per heavy atom. The van der Waals surface area contributed by atoms with Gasteiger partial charge >= 0.3 is 0 Å². The van der Waals surface area contributed by atoms with Crippen LogP contribution in [0.15, 0.2) is 34.9 Å². The van der Waals surface area contributed by atoms with Gasteiger partial charge in [-0.3, -0.25) is 10.1 Å². The SMILES string of the molecule is CCc1cc(-c2cccc([N+](=O)[O-])c2)on1. The summed E-state index contributed by atoms with van der Waals surface area (Å²) in [5.41, 5.74) is 1.55. The van der Waals surface area contributed by atoms with Crippen molar-refractivity contribution in [1.82, 2.24) is 5.16 Å². The van der Waals surface area contributed by atoms with E-state index in [9.17, 15) is 10.1 Å². The number of nitro benzene ring substituents is 1. The smallest absolute Gasteiger partial charge is 0.270 e. The lowest BCUT2D eigenvalue weighted by Crippen LogP contribution is -1.87. The second-order valence-corrected chi connectivity index (χ2v) is 3.34. The minimum atomic E-state index is -0.430. The second-order valence-electron chi connectivity index (χ2n) is 3.34. The second kappa shape index (κ2) is 4.14. The molecular weight excluding hydrogens is 208 g/mol. The number of hydrogen-bond donors (Lipinski definition) is 0. The molecule has 1 aromatic carbocycles. The van der Waals surface area contributed by atoms with Gasteiger partial charge < -0.3 is 4.52 Å². The molecule has 0 radical (unpaired) electrons. The normalized spacial score (nSPS) is 10.3. The van der Waals surface area contributed by atoms with Crippen molar-refractivity contribution in [3.8, 4) is 11.3 Å². The van der Waals surface area contributed by atoms with Crippen molar-refractivity contribution in [2.45, 2.75) is 13.3 Å². The van der Waals surface area contributed by atoms with E-state index < -0.39 is 4.92 Å². The van der Waals surface area contributed by atoms with Crippen LogP contribution in [0.5, 0.6) is 0 Å². The van der Waals surface area contributed by atoms with Gasteiger partial charge in [0.2, 0.25) is 0 Å². The maximum absolute atomic E-state index is 10.6. The van der Waals surface area contributed by atoms with Gasteiger partial charge in [-0.2, -0.15) is 0 Å². The highest BCUT2D eigenvalue weighted by molar-refractivity contribution is 5.60. The maximum atomic E-state index is 10.6. The predicted octanol–water partition coefficient (Wildman–Crippen LogP) is 2.81. The first-order valence-electron chi connectivity index (χ1n) is 4.91. The summed E-state index contributed by atoms with van der Waals surface area (Å²) < 4.78 is 5.10. The summed E-state index contributed by atoms with van der Waals surface area (Å²) in [4.78, 5) is 10.2. The highest BCUT2D eigenvalue weighted by Gasteiger charge is 2.10. The van der Waals surface area contributed by atoms with E-state index in [1.807, 2.05) is 6.92 Å². The lowest BCUT2D eigenvalue weighted by atomic mass is 10.1. The van der Waals surface area contributed by atoms with E-state index in [1.54, 1.807) is 18.2 Å². The minimum Gasteiger partial charge on any atom is -0.356 e. The minimum absolute atomic E-state index is 0.0481. The molecule has 82 valence electrons. The van der Waals surface area contributed by atoms with E-state index in [2.05, 4.69) is 5.16 Å². The van der Waals surface area contributed by atoms with E-state index in [0.29, 0.717) is 11.3 Å². The van der Waals surface area contributed by atoms with Crippen molar-refractivity contribution >= 4 is 5.69 Å². The van der Waals surface area contributed by atoms with Crippen LogP contribution in [0.4, 0.5) is 5.69 Å². The monoisotopic (exact) mass is 218 g/mol. The third kappa shape index (κ3) is 1.93. The fraction of sp³-hybridized carbons (Fsp3) is 0.182. The summed E-state index contributed by atoms with van der Waals surface area (Å²) in [6.45, 7) is 1.97. The summed E-state index contributed by atoms with van der Waals surface area (Å²) in [5, 5.41) is 14.4. The van der Waals surface area contributed by atoms with Crippen LogP contribution in [-0.4, -0.2) is 10.1 Å². The van der Waals surface area contributed by atoms with Gasteiger partial charge in [0.25, 0.3) is 5.69 Å². The van der Waals surface area contributed by atoms with Crippen LogP contribution in [0.2, 0.25) is 0 Å². The molecule has 0 aliphatic carbocycles. The Kier molecular flexibility index (Phi) is 2.68. The molecule has 0 aliphatic rings. The molecule has 0 atom stereocenters. The molecular formula is C11H10N2O3. The van der Waals surface area contributed by atoms with Crippen LogP contribution >= 0.6 is 0 Å². The number of benzene rings is 1. The van der Waals surface area contributed by atoms with Gasteiger partial charge in [0, 0.05) is 23.8 Å². The zero-order valence-corrected chi connectivity index (χ0v) is 8.71. The van der Waals surface area contributed by atoms with Crippen molar-refractivity contribution in [1.29, 1.82) is 0 Å². The lowest BCUT2D eigenvalue weighted by Gasteiger charge is -1.94. The fourth-order valence-electron chi connectivity index (χ4n) is 1.39. The Labute approximate surface area is 91.8 Å². The molecule has 0 spiro atoms. The van der Waals surface area contributed by atoms with Gasteiger partial charge in [0.15, 0.2) is 5.76 Å². The highest BCUT2D eigenvalue weighted by Crippen LogP contribution is 2.24. The van der Waals surface area contributed by atoms with E-state index in [-0.39, 0.29) is 5.69 Å². The van der Waals surface area contributed by atoms with Crippen LogP contribution in [0.3, 0.4) is 0 Å². The van der Waals surface area contributed by atoms with Crippen LogP contribution in [0.25, 0.3) is 11.3 Å². The largest absolute Gasteiger partial charge is 0.356 e. The summed E-state index contributed by atoms with van der Waals surface area (Å²) in [5.74, 6) is 0.556. The van der Waals surface area contributed by atoms with E-state index in [4.69, 9.17) is 4.52 Å². The molecule has 2 aromatic rings. The summed E-state index contributed by atoms with van der Waals surface area (Å²) in [7, 11) is 0. The Bertz CT molecular complexity index is 519. The molecule has 0 fully saturated rings. The highest BCUT2D eigenvalue weighted by atomic mass is 16.6. The number of aromatic nitrogens is 1. The third-order valence-electron chi connectivity index (χ3n) is 2.26. The first kappa shape index (κ1) is 10.4. The molecule has 0 amide bonds. The van der Waals surface area contributed by atoms with E-state index in [1.165, 1.54) is 12.1 Å². The molecule has 0 saturated carbocycles. The molecule has 2 rings (SSSR count). The zero-order valence-electron chi connectivity index (χ0n) is 8.71. The average molecular weight is 218 g/mol. The summed E-state index contributed by atoms with van der Waals surface area (Å²) in [6.07, 6.45) is 0.776. The first-order chi connectivity index (χ1) is 7.70. The van der Waals surface area contributed by atoms with Crippen molar-refractivity contribution in [2.75, 3.05) is 0 Å². The Morgan fingerprint density at radius 2 is 2.25 bits per heavy atom. The van der Waals surface area contributed by atoms with Crippen LogP contribution in [0, 0.1) is 10.1 Å². The number of nitro groups is 1. The number of aryl methyl sites for hydroxylation is 1. The predicted molar refractivity (Wildman–Crippen MR) is 58.0 cm³/mol. The molecule has 5 nitrogen and oxygen atoms in total. The van der Waals surface area contributed by atoms with Gasteiger partial charge in [0.05, 0.1) is 10.6 Å². The van der Waals surface area contributed by atoms with Crippen molar-refractivity contribution in [3.63, 3.8) is 0 Å². The summed E-state index contributed by atoms with van der Waals surface area (Å²) in [6, 6.07) is 8.09. The van der Waals surface area contributed by atoms with Crippen LogP contribution in [0.1, 0.15) is 12.6 Å². The Balaban J connectivity index is 2.40. The standard InChI is InChI=1S/C11H10N2O3/c1-2-9-7-11(16-12-9)8-4-3-5-10(6-8)13(14)15/h3-7H,2H2,1H3. The van der Waals surface area contributed by atoms with Gasteiger partial charge in [-0.15, -0.1) is 0 Å². The van der Waals surface area contributed by atoms with E-state index >= 15 is 0 Å². The Hall–Kier alpha value is -2.17. The van der Waals surface area contributed by atoms with Gasteiger partial charge in [-0.25, -0.2) is 0 Å². The maximum Gasteiger partial charge on any atom is 0.270 e. The molecule has 16 heavy (non-hydrogen) atoms. The van der Waals surface area contributed by atoms with Crippen LogP contribution in [-0.2, 0) is 6.42 Å². The van der Waals surface area contributed by atoms with Crippen molar-refractivity contribution < 1.29 is 9.45 Å². The van der Waals surface area contributed by atoms with Gasteiger partial charge in [0.1, 0.15) is 0 Å². The fourth-order valence-corrected chi connectivity index (χ4v) is 1.39. The molecule has 1 heterocycles. The molecule has 0 N–H and O–H groups in total. The van der Waals surface area contributed by atoms with E-state index in [0.717, 1.165) is 12.1 Å². The van der Waals surface area contributed by atoms with Crippen molar-refractivity contribution in [2.24, 2.45) is 0 Å². The van der Waals surface area contributed by atoms with Crippen molar-refractivity contribution in [3.05, 3.63) is 46.1 Å². The molecule has 0 bridgehead atoms. The lowest BCUT2D eigenvalue weighted by molar-refractivity contribution is -0.384. The van der Waals surface area contributed by atoms with Gasteiger partial charge in [-0.1, -0.05) is 24.2 Å². The first-order valence-corrected chi connectivity index (χ1v) is 4.91. The zero-order chi connectivity index (χ0) is 11.5. The number of nitrogens with zero attached hydrogens (tertiary/aromatic N) is 2. The Morgan fingerprint density at radius 3 is 2.88 bits per heavy atom. The molecule has 0 unspecified atom stereocenters. The number of hydrogen-bond acceptors (Lipinski definition) is 4. The summed E-state index contributed by atoms with van der Waals surface area (Å²) >= 11 is 0. The quantitative estimate of drug-likeness (QED) is 0.586. The average Bonchev–Trinajstić information content (AvgIpc) is 2.77. The molecule has 1 aromatic heterocycles. The van der Waals surface area contributed by atoms with Gasteiger partial charge in [-0.05, 0) is 6.42 Å².